The van der Waals surface area contributed by atoms with Gasteiger partial charge in [-0.2, -0.15) is 0 Å². The van der Waals surface area contributed by atoms with E-state index < -0.39 is 0 Å². The third kappa shape index (κ3) is 4.34. The molecule has 0 aromatic heterocycles. The van der Waals surface area contributed by atoms with Crippen LogP contribution in [0.5, 0.6) is 0 Å². The maximum atomic E-state index is 11.3. The highest BCUT2D eigenvalue weighted by Gasteiger charge is 2.21. The first-order chi connectivity index (χ1) is 5.40. The Morgan fingerprint density at radius 1 is 1.50 bits per heavy atom. The first-order valence-electron chi connectivity index (χ1n) is 4.31. The number of ether oxygens (including phenoxy) is 1. The van der Waals surface area contributed by atoms with Gasteiger partial charge in [-0.15, -0.1) is 0 Å². The SMILES string of the molecule is CC[C@H](NC)C(=O)OC(C)(C)C. The van der Waals surface area contributed by atoms with Crippen LogP contribution in [0.15, 0.2) is 0 Å². The fourth-order valence-corrected chi connectivity index (χ4v) is 0.862. The Morgan fingerprint density at radius 2 is 2.00 bits per heavy atom. The summed E-state index contributed by atoms with van der Waals surface area (Å²) in [6.45, 7) is 7.55. The summed E-state index contributed by atoms with van der Waals surface area (Å²) in [5.41, 5.74) is -0.388. The van der Waals surface area contributed by atoms with Crippen LogP contribution in [0.2, 0.25) is 0 Å². The van der Waals surface area contributed by atoms with Crippen LogP contribution >= 0.6 is 0 Å². The van der Waals surface area contributed by atoms with Gasteiger partial charge in [-0.3, -0.25) is 4.79 Å². The molecule has 1 N–H and O–H groups in total. The topological polar surface area (TPSA) is 38.3 Å². The highest BCUT2D eigenvalue weighted by molar-refractivity contribution is 5.76. The predicted molar refractivity (Wildman–Crippen MR) is 49.0 cm³/mol. The molecule has 0 bridgehead atoms. The maximum Gasteiger partial charge on any atom is 0.323 e. The van der Waals surface area contributed by atoms with Crippen molar-refractivity contribution in [3.05, 3.63) is 0 Å². The van der Waals surface area contributed by atoms with Gasteiger partial charge in [0, 0.05) is 0 Å². The second-order valence-electron chi connectivity index (χ2n) is 3.78. The number of hydrogen-bond donors (Lipinski definition) is 1. The van der Waals surface area contributed by atoms with Crippen LogP contribution in [0.25, 0.3) is 0 Å². The first-order valence-corrected chi connectivity index (χ1v) is 4.31. The Labute approximate surface area is 74.5 Å². The van der Waals surface area contributed by atoms with E-state index in [1.54, 1.807) is 7.05 Å². The molecule has 72 valence electrons. The van der Waals surface area contributed by atoms with Crippen molar-refractivity contribution in [2.75, 3.05) is 7.05 Å². The molecule has 0 saturated heterocycles. The molecule has 0 radical (unpaired) electrons. The molecule has 0 heterocycles. The Hall–Kier alpha value is -0.570. The maximum absolute atomic E-state index is 11.3. The Kier molecular flexibility index (Phi) is 4.24. The van der Waals surface area contributed by atoms with E-state index in [-0.39, 0.29) is 17.6 Å². The van der Waals surface area contributed by atoms with E-state index in [0.29, 0.717) is 0 Å². The van der Waals surface area contributed by atoms with Gasteiger partial charge in [0.1, 0.15) is 11.6 Å². The number of esters is 1. The van der Waals surface area contributed by atoms with Crippen LogP contribution in [0.4, 0.5) is 0 Å². The average molecular weight is 173 g/mol. The van der Waals surface area contributed by atoms with Crippen molar-refractivity contribution in [2.24, 2.45) is 0 Å². The molecule has 0 aromatic rings. The Balaban J connectivity index is 4.02. The summed E-state index contributed by atoms with van der Waals surface area (Å²) in [6, 6.07) is -0.177. The van der Waals surface area contributed by atoms with Crippen molar-refractivity contribution in [2.45, 2.75) is 45.8 Å². The molecule has 0 unspecified atom stereocenters. The Morgan fingerprint density at radius 3 is 2.25 bits per heavy atom. The summed E-state index contributed by atoms with van der Waals surface area (Å²) in [4.78, 5) is 11.3. The van der Waals surface area contributed by atoms with Crippen LogP contribution in [0, 0.1) is 0 Å². The molecule has 0 aliphatic carbocycles. The molecular formula is C9H19NO2. The number of carbonyl (C=O) groups is 1. The first kappa shape index (κ1) is 11.4. The molecule has 0 fully saturated rings. The molecule has 1 atom stereocenters. The predicted octanol–water partition coefficient (Wildman–Crippen LogP) is 1.33. The van der Waals surface area contributed by atoms with Gasteiger partial charge in [0.25, 0.3) is 0 Å². The van der Waals surface area contributed by atoms with Crippen molar-refractivity contribution in [1.82, 2.24) is 5.32 Å². The molecule has 0 aliphatic heterocycles. The smallest absolute Gasteiger partial charge is 0.323 e. The second-order valence-corrected chi connectivity index (χ2v) is 3.78. The molecular weight excluding hydrogens is 154 g/mol. The number of likely N-dealkylation sites (N-methyl/N-ethyl adjacent to an activating group) is 1. The van der Waals surface area contributed by atoms with Crippen molar-refractivity contribution in [3.63, 3.8) is 0 Å². The zero-order valence-electron chi connectivity index (χ0n) is 8.60. The van der Waals surface area contributed by atoms with Crippen LogP contribution in [0.1, 0.15) is 34.1 Å². The quantitative estimate of drug-likeness (QED) is 0.654. The zero-order chi connectivity index (χ0) is 9.78. The van der Waals surface area contributed by atoms with Crippen molar-refractivity contribution in [3.8, 4) is 0 Å². The lowest BCUT2D eigenvalue weighted by Gasteiger charge is -2.22. The Bertz CT molecular complexity index is 145. The fourth-order valence-electron chi connectivity index (χ4n) is 0.862. The van der Waals surface area contributed by atoms with Gasteiger partial charge in [0.05, 0.1) is 0 Å². The minimum atomic E-state index is -0.388. The minimum Gasteiger partial charge on any atom is -0.459 e. The van der Waals surface area contributed by atoms with Crippen LogP contribution < -0.4 is 5.32 Å². The molecule has 3 heteroatoms. The van der Waals surface area contributed by atoms with Crippen molar-refractivity contribution < 1.29 is 9.53 Å². The van der Waals surface area contributed by atoms with E-state index in [4.69, 9.17) is 4.74 Å². The largest absolute Gasteiger partial charge is 0.459 e. The third-order valence-corrected chi connectivity index (χ3v) is 1.45. The summed E-state index contributed by atoms with van der Waals surface area (Å²) in [6.07, 6.45) is 0.755. The van der Waals surface area contributed by atoms with Gasteiger partial charge >= 0.3 is 5.97 Å². The average Bonchev–Trinajstić information content (AvgIpc) is 1.85. The summed E-state index contributed by atoms with van der Waals surface area (Å²) in [7, 11) is 1.76. The van der Waals surface area contributed by atoms with Crippen LogP contribution in [0.3, 0.4) is 0 Å². The molecule has 12 heavy (non-hydrogen) atoms. The standard InChI is InChI=1S/C9H19NO2/c1-6-7(10-5)8(11)12-9(2,3)4/h7,10H,6H2,1-5H3/t7-/m0/s1. The number of nitrogens with one attached hydrogen (secondary N) is 1. The fraction of sp³-hybridized carbons (Fsp3) is 0.889. The van der Waals surface area contributed by atoms with Gasteiger partial charge in [0.15, 0.2) is 0 Å². The second kappa shape index (κ2) is 4.45. The lowest BCUT2D eigenvalue weighted by Crippen LogP contribution is -2.38. The van der Waals surface area contributed by atoms with Gasteiger partial charge < -0.3 is 10.1 Å². The zero-order valence-corrected chi connectivity index (χ0v) is 8.60. The monoisotopic (exact) mass is 173 g/mol. The summed E-state index contributed by atoms with van der Waals surface area (Å²) < 4.78 is 5.18. The van der Waals surface area contributed by atoms with Crippen LogP contribution in [-0.2, 0) is 9.53 Å². The van der Waals surface area contributed by atoms with Crippen LogP contribution in [-0.4, -0.2) is 24.7 Å². The van der Waals surface area contributed by atoms with E-state index in [9.17, 15) is 4.79 Å². The van der Waals surface area contributed by atoms with E-state index >= 15 is 0 Å². The summed E-state index contributed by atoms with van der Waals surface area (Å²) in [5, 5.41) is 2.90. The molecule has 0 rings (SSSR count). The van der Waals surface area contributed by atoms with E-state index in [2.05, 4.69) is 5.32 Å². The minimum absolute atomic E-state index is 0.174. The molecule has 3 nitrogen and oxygen atoms in total. The highest BCUT2D eigenvalue weighted by Crippen LogP contribution is 2.09. The summed E-state index contributed by atoms with van der Waals surface area (Å²) in [5.74, 6) is -0.174. The van der Waals surface area contributed by atoms with Crippen molar-refractivity contribution >= 4 is 5.97 Å². The molecule has 0 amide bonds. The molecule has 0 saturated carbocycles. The lowest BCUT2D eigenvalue weighted by molar-refractivity contribution is -0.157. The van der Waals surface area contributed by atoms with Gasteiger partial charge in [0.2, 0.25) is 0 Å². The number of hydrogen-bond acceptors (Lipinski definition) is 3. The van der Waals surface area contributed by atoms with E-state index in [0.717, 1.165) is 6.42 Å². The van der Waals surface area contributed by atoms with Crippen molar-refractivity contribution in [1.29, 1.82) is 0 Å². The van der Waals surface area contributed by atoms with Gasteiger partial charge in [-0.05, 0) is 34.2 Å². The number of rotatable bonds is 3. The van der Waals surface area contributed by atoms with Gasteiger partial charge in [-0.1, -0.05) is 6.92 Å². The normalized spacial score (nSPS) is 14.1. The molecule has 0 spiro atoms. The molecule has 0 aromatic carbocycles. The number of carbonyl (C=O) groups excluding carboxylic acids is 1. The third-order valence-electron chi connectivity index (χ3n) is 1.45. The lowest BCUT2D eigenvalue weighted by atomic mass is 10.2. The van der Waals surface area contributed by atoms with Gasteiger partial charge in [-0.25, -0.2) is 0 Å². The van der Waals surface area contributed by atoms with E-state index in [1.165, 1.54) is 0 Å². The summed E-state index contributed by atoms with van der Waals surface area (Å²) >= 11 is 0. The highest BCUT2D eigenvalue weighted by atomic mass is 16.6. The molecule has 0 aliphatic rings. The van der Waals surface area contributed by atoms with E-state index in [1.807, 2.05) is 27.7 Å².